The number of amides is 1. The standard InChI is InChI=1S/C15H9BrN2O3/c16-12-6-3-7-13(17-12)18-14(19)10-8-9-4-1-2-5-11(9)21-15(10)20/h1-8H,(H,17,18,19). The molecule has 104 valence electrons. The summed E-state index contributed by atoms with van der Waals surface area (Å²) in [4.78, 5) is 28.1. The molecule has 3 aromatic rings. The van der Waals surface area contributed by atoms with Gasteiger partial charge in [-0.05, 0) is 40.2 Å². The Morgan fingerprint density at radius 3 is 2.76 bits per heavy atom. The molecule has 0 aliphatic heterocycles. The molecule has 0 fully saturated rings. The van der Waals surface area contributed by atoms with Gasteiger partial charge in [-0.15, -0.1) is 0 Å². The second-order valence-electron chi connectivity index (χ2n) is 4.29. The van der Waals surface area contributed by atoms with E-state index in [1.165, 1.54) is 6.07 Å². The molecule has 2 aromatic heterocycles. The van der Waals surface area contributed by atoms with Gasteiger partial charge >= 0.3 is 5.63 Å². The van der Waals surface area contributed by atoms with Crippen LogP contribution in [0.3, 0.4) is 0 Å². The van der Waals surface area contributed by atoms with Crippen LogP contribution in [0, 0.1) is 0 Å². The molecule has 3 rings (SSSR count). The number of hydrogen-bond donors (Lipinski definition) is 1. The third-order valence-corrected chi connectivity index (χ3v) is 3.28. The highest BCUT2D eigenvalue weighted by molar-refractivity contribution is 9.10. The van der Waals surface area contributed by atoms with Gasteiger partial charge in [-0.3, -0.25) is 4.79 Å². The number of fused-ring (bicyclic) bond motifs is 1. The van der Waals surface area contributed by atoms with Gasteiger partial charge < -0.3 is 9.73 Å². The number of aromatic nitrogens is 1. The van der Waals surface area contributed by atoms with Crippen molar-refractivity contribution in [2.75, 3.05) is 5.32 Å². The van der Waals surface area contributed by atoms with Crippen LogP contribution >= 0.6 is 15.9 Å². The second kappa shape index (κ2) is 5.49. The Balaban J connectivity index is 1.98. The highest BCUT2D eigenvalue weighted by Gasteiger charge is 2.14. The van der Waals surface area contributed by atoms with Crippen molar-refractivity contribution in [1.82, 2.24) is 4.98 Å². The summed E-state index contributed by atoms with van der Waals surface area (Å²) in [5.74, 6) is -0.206. The zero-order chi connectivity index (χ0) is 14.8. The predicted octanol–water partition coefficient (Wildman–Crippen LogP) is 3.20. The van der Waals surface area contributed by atoms with E-state index in [4.69, 9.17) is 4.42 Å². The van der Waals surface area contributed by atoms with Crippen molar-refractivity contribution in [1.29, 1.82) is 0 Å². The summed E-state index contributed by atoms with van der Waals surface area (Å²) < 4.78 is 5.72. The molecule has 0 aliphatic rings. The minimum atomic E-state index is -0.679. The van der Waals surface area contributed by atoms with E-state index in [1.54, 1.807) is 42.5 Å². The molecule has 1 amide bonds. The average molecular weight is 345 g/mol. The minimum absolute atomic E-state index is 0.0597. The van der Waals surface area contributed by atoms with Crippen molar-refractivity contribution in [3.05, 3.63) is 69.1 Å². The number of carbonyl (C=O) groups excluding carboxylic acids is 1. The van der Waals surface area contributed by atoms with Crippen LogP contribution < -0.4 is 10.9 Å². The molecule has 6 heteroatoms. The van der Waals surface area contributed by atoms with E-state index >= 15 is 0 Å². The lowest BCUT2D eigenvalue weighted by atomic mass is 10.2. The Hall–Kier alpha value is -2.47. The summed E-state index contributed by atoms with van der Waals surface area (Å²) in [5.41, 5.74) is -0.295. The van der Waals surface area contributed by atoms with E-state index in [1.807, 2.05) is 0 Å². The third kappa shape index (κ3) is 2.85. The molecule has 0 spiro atoms. The number of anilines is 1. The van der Waals surface area contributed by atoms with Crippen molar-refractivity contribution in [2.24, 2.45) is 0 Å². The molecule has 0 radical (unpaired) electrons. The number of carbonyl (C=O) groups is 1. The zero-order valence-electron chi connectivity index (χ0n) is 10.7. The van der Waals surface area contributed by atoms with E-state index in [2.05, 4.69) is 26.2 Å². The van der Waals surface area contributed by atoms with E-state index in [0.717, 1.165) is 0 Å². The number of rotatable bonds is 2. The first kappa shape index (κ1) is 13.5. The largest absolute Gasteiger partial charge is 0.422 e. The molecule has 0 unspecified atom stereocenters. The highest BCUT2D eigenvalue weighted by Crippen LogP contribution is 2.14. The number of nitrogens with zero attached hydrogens (tertiary/aromatic N) is 1. The molecule has 0 aliphatic carbocycles. The van der Waals surface area contributed by atoms with Crippen molar-refractivity contribution >= 4 is 38.6 Å². The molecular formula is C15H9BrN2O3. The maximum Gasteiger partial charge on any atom is 0.349 e. The first-order chi connectivity index (χ1) is 10.1. The molecule has 0 bridgehead atoms. The molecule has 21 heavy (non-hydrogen) atoms. The fraction of sp³-hybridized carbons (Fsp3) is 0. The van der Waals surface area contributed by atoms with Gasteiger partial charge in [0.25, 0.3) is 5.91 Å². The van der Waals surface area contributed by atoms with Gasteiger partial charge in [0.05, 0.1) is 0 Å². The quantitative estimate of drug-likeness (QED) is 0.572. The number of halogens is 1. The summed E-state index contributed by atoms with van der Waals surface area (Å²) in [6, 6.07) is 13.6. The molecule has 1 N–H and O–H groups in total. The Bertz CT molecular complexity index is 889. The third-order valence-electron chi connectivity index (χ3n) is 2.84. The topological polar surface area (TPSA) is 72.2 Å². The summed E-state index contributed by atoms with van der Waals surface area (Å²) in [5, 5.41) is 3.25. The monoisotopic (exact) mass is 344 g/mol. The highest BCUT2D eigenvalue weighted by atomic mass is 79.9. The number of para-hydroxylation sites is 1. The summed E-state index contributed by atoms with van der Waals surface area (Å²) in [7, 11) is 0. The van der Waals surface area contributed by atoms with E-state index in [9.17, 15) is 9.59 Å². The first-order valence-corrected chi connectivity index (χ1v) is 6.89. The molecule has 5 nitrogen and oxygen atoms in total. The smallest absolute Gasteiger partial charge is 0.349 e. The maximum atomic E-state index is 12.2. The summed E-state index contributed by atoms with van der Waals surface area (Å²) in [6.07, 6.45) is 0. The van der Waals surface area contributed by atoms with Gasteiger partial charge in [0.1, 0.15) is 21.6 Å². The normalized spacial score (nSPS) is 10.5. The van der Waals surface area contributed by atoms with Gasteiger partial charge in [-0.2, -0.15) is 0 Å². The van der Waals surface area contributed by atoms with Crippen LogP contribution in [0.25, 0.3) is 11.0 Å². The van der Waals surface area contributed by atoms with Crippen LogP contribution in [0.15, 0.2) is 62.3 Å². The Labute approximate surface area is 127 Å². The van der Waals surface area contributed by atoms with Crippen LogP contribution in [0.4, 0.5) is 5.82 Å². The van der Waals surface area contributed by atoms with Crippen molar-refractivity contribution in [3.63, 3.8) is 0 Å². The van der Waals surface area contributed by atoms with Crippen LogP contribution in [0.1, 0.15) is 10.4 Å². The van der Waals surface area contributed by atoms with Crippen molar-refractivity contribution in [3.8, 4) is 0 Å². The average Bonchev–Trinajstić information content (AvgIpc) is 2.46. The predicted molar refractivity (Wildman–Crippen MR) is 82.4 cm³/mol. The van der Waals surface area contributed by atoms with Crippen LogP contribution in [0.5, 0.6) is 0 Å². The fourth-order valence-corrected chi connectivity index (χ4v) is 2.23. The molecule has 0 atom stereocenters. The van der Waals surface area contributed by atoms with E-state index in [-0.39, 0.29) is 5.56 Å². The van der Waals surface area contributed by atoms with Gasteiger partial charge in [0.15, 0.2) is 0 Å². The Kier molecular flexibility index (Phi) is 3.53. The lowest BCUT2D eigenvalue weighted by Crippen LogP contribution is -2.21. The van der Waals surface area contributed by atoms with Gasteiger partial charge in [-0.1, -0.05) is 24.3 Å². The molecule has 2 heterocycles. The first-order valence-electron chi connectivity index (χ1n) is 6.10. The van der Waals surface area contributed by atoms with Crippen LogP contribution in [-0.4, -0.2) is 10.9 Å². The Morgan fingerprint density at radius 1 is 1.14 bits per heavy atom. The second-order valence-corrected chi connectivity index (χ2v) is 5.10. The van der Waals surface area contributed by atoms with Crippen molar-refractivity contribution in [2.45, 2.75) is 0 Å². The summed E-state index contributed by atoms with van der Waals surface area (Å²) in [6.45, 7) is 0. The maximum absolute atomic E-state index is 12.2. The van der Waals surface area contributed by atoms with Crippen LogP contribution in [0.2, 0.25) is 0 Å². The fourth-order valence-electron chi connectivity index (χ4n) is 1.88. The van der Waals surface area contributed by atoms with Gasteiger partial charge in [0.2, 0.25) is 0 Å². The number of benzene rings is 1. The van der Waals surface area contributed by atoms with Crippen LogP contribution in [-0.2, 0) is 0 Å². The number of pyridine rings is 1. The lowest BCUT2D eigenvalue weighted by molar-refractivity contribution is 0.102. The molecule has 0 saturated carbocycles. The minimum Gasteiger partial charge on any atom is -0.422 e. The number of nitrogens with one attached hydrogen (secondary N) is 1. The Morgan fingerprint density at radius 2 is 1.95 bits per heavy atom. The van der Waals surface area contributed by atoms with Gasteiger partial charge in [0, 0.05) is 5.39 Å². The van der Waals surface area contributed by atoms with Crippen molar-refractivity contribution < 1.29 is 9.21 Å². The van der Waals surface area contributed by atoms with Gasteiger partial charge in [-0.25, -0.2) is 9.78 Å². The number of hydrogen-bond acceptors (Lipinski definition) is 4. The molecular weight excluding hydrogens is 336 g/mol. The zero-order valence-corrected chi connectivity index (χ0v) is 12.3. The van der Waals surface area contributed by atoms with E-state index < -0.39 is 11.5 Å². The molecule has 0 saturated heterocycles. The molecule has 1 aromatic carbocycles. The summed E-state index contributed by atoms with van der Waals surface area (Å²) >= 11 is 3.21. The SMILES string of the molecule is O=C(Nc1cccc(Br)n1)c1cc2ccccc2oc1=O. The lowest BCUT2D eigenvalue weighted by Gasteiger charge is -2.04. The van der Waals surface area contributed by atoms with E-state index in [0.29, 0.717) is 21.4 Å².